The Bertz CT molecular complexity index is 638. The Hall–Kier alpha value is -2.44. The fraction of sp³-hybridized carbons (Fsp3) is 0.467. The lowest BCUT2D eigenvalue weighted by Gasteiger charge is -2.35. The van der Waals surface area contributed by atoms with Crippen molar-refractivity contribution in [3.05, 3.63) is 36.0 Å². The first-order chi connectivity index (χ1) is 10.7. The first-order valence-electron chi connectivity index (χ1n) is 7.46. The highest BCUT2D eigenvalue weighted by molar-refractivity contribution is 5.92. The highest BCUT2D eigenvalue weighted by Crippen LogP contribution is 2.33. The summed E-state index contributed by atoms with van der Waals surface area (Å²) in [6, 6.07) is 2.00. The van der Waals surface area contributed by atoms with E-state index >= 15 is 0 Å². The van der Waals surface area contributed by atoms with Gasteiger partial charge in [0.2, 0.25) is 0 Å². The second kappa shape index (κ2) is 6.13. The second-order valence-electron chi connectivity index (χ2n) is 5.68. The normalized spacial score (nSPS) is 18.3. The van der Waals surface area contributed by atoms with Gasteiger partial charge in [0.05, 0.1) is 17.9 Å². The van der Waals surface area contributed by atoms with Crippen LogP contribution in [0, 0.1) is 0 Å². The molecular weight excluding hydrogens is 280 g/mol. The molecule has 3 rings (SSSR count). The third kappa shape index (κ3) is 2.79. The quantitative estimate of drug-likeness (QED) is 0.932. The van der Waals surface area contributed by atoms with Gasteiger partial charge in [-0.25, -0.2) is 4.98 Å². The van der Waals surface area contributed by atoms with E-state index in [1.165, 1.54) is 4.90 Å². The standard InChI is InChI=1S/C15H20N6O/c1-20(2)15(22)12-9-11(18-19-12)13-5-3-4-8-21(13)14-10-16-6-7-17-14/h6-7,9-10,13H,3-5,8H2,1-2H3,(H,18,19)/t13-/m1/s1. The number of hydrogen-bond donors (Lipinski definition) is 1. The van der Waals surface area contributed by atoms with Gasteiger partial charge in [-0.15, -0.1) is 0 Å². The van der Waals surface area contributed by atoms with E-state index < -0.39 is 0 Å². The molecule has 7 heteroatoms. The molecule has 1 aliphatic heterocycles. The van der Waals surface area contributed by atoms with Gasteiger partial charge >= 0.3 is 0 Å². The number of hydrogen-bond acceptors (Lipinski definition) is 5. The van der Waals surface area contributed by atoms with Gasteiger partial charge in [-0.1, -0.05) is 0 Å². The average Bonchev–Trinajstić information content (AvgIpc) is 3.04. The number of carbonyl (C=O) groups excluding carboxylic acids is 1. The van der Waals surface area contributed by atoms with E-state index in [-0.39, 0.29) is 11.9 Å². The van der Waals surface area contributed by atoms with Crippen LogP contribution in [0.3, 0.4) is 0 Å². The lowest BCUT2D eigenvalue weighted by molar-refractivity contribution is 0.0822. The monoisotopic (exact) mass is 300 g/mol. The Kier molecular flexibility index (Phi) is 4.04. The number of H-pyrrole nitrogens is 1. The smallest absolute Gasteiger partial charge is 0.273 e. The summed E-state index contributed by atoms with van der Waals surface area (Å²) in [4.78, 5) is 24.3. The van der Waals surface area contributed by atoms with Crippen molar-refractivity contribution in [2.24, 2.45) is 0 Å². The van der Waals surface area contributed by atoms with E-state index in [9.17, 15) is 4.79 Å². The molecule has 22 heavy (non-hydrogen) atoms. The van der Waals surface area contributed by atoms with E-state index in [2.05, 4.69) is 25.1 Å². The van der Waals surface area contributed by atoms with E-state index in [4.69, 9.17) is 0 Å². The zero-order valence-electron chi connectivity index (χ0n) is 12.9. The zero-order chi connectivity index (χ0) is 15.5. The third-order valence-electron chi connectivity index (χ3n) is 3.93. The van der Waals surface area contributed by atoms with Gasteiger partial charge in [0.25, 0.3) is 5.91 Å². The van der Waals surface area contributed by atoms with Crippen LogP contribution >= 0.6 is 0 Å². The molecule has 0 radical (unpaired) electrons. The summed E-state index contributed by atoms with van der Waals surface area (Å²) in [5, 5.41) is 7.19. The molecule has 1 atom stereocenters. The highest BCUT2D eigenvalue weighted by Gasteiger charge is 2.27. The van der Waals surface area contributed by atoms with Crippen LogP contribution in [0.4, 0.5) is 5.82 Å². The molecule has 0 aliphatic carbocycles. The SMILES string of the molecule is CN(C)C(=O)c1cc([C@H]2CCCCN2c2cnccn2)[nH]n1. The number of amides is 1. The summed E-state index contributed by atoms with van der Waals surface area (Å²) in [5.41, 5.74) is 1.40. The zero-order valence-corrected chi connectivity index (χ0v) is 12.9. The molecule has 0 spiro atoms. The van der Waals surface area contributed by atoms with Crippen molar-refractivity contribution in [1.29, 1.82) is 0 Å². The molecule has 0 saturated carbocycles. The van der Waals surface area contributed by atoms with E-state index in [0.717, 1.165) is 37.3 Å². The van der Waals surface area contributed by atoms with Crippen LogP contribution in [0.2, 0.25) is 0 Å². The maximum atomic E-state index is 12.0. The maximum Gasteiger partial charge on any atom is 0.273 e. The summed E-state index contributed by atoms with van der Waals surface area (Å²) in [7, 11) is 3.45. The van der Waals surface area contributed by atoms with Crippen LogP contribution in [0.25, 0.3) is 0 Å². The maximum absolute atomic E-state index is 12.0. The Morgan fingerprint density at radius 1 is 1.36 bits per heavy atom. The van der Waals surface area contributed by atoms with Crippen LogP contribution in [0.5, 0.6) is 0 Å². The molecule has 2 aromatic rings. The largest absolute Gasteiger partial charge is 0.347 e. The first-order valence-corrected chi connectivity index (χ1v) is 7.46. The Morgan fingerprint density at radius 2 is 2.23 bits per heavy atom. The Labute approximate surface area is 129 Å². The summed E-state index contributed by atoms with van der Waals surface area (Å²) < 4.78 is 0. The summed E-state index contributed by atoms with van der Waals surface area (Å²) in [5.74, 6) is 0.770. The number of nitrogens with one attached hydrogen (secondary N) is 1. The van der Waals surface area contributed by atoms with Crippen LogP contribution in [0.1, 0.15) is 41.5 Å². The van der Waals surface area contributed by atoms with E-state index in [0.29, 0.717) is 5.69 Å². The number of rotatable bonds is 3. The number of nitrogens with zero attached hydrogens (tertiary/aromatic N) is 5. The number of aromatic nitrogens is 4. The molecular formula is C15H20N6O. The Morgan fingerprint density at radius 3 is 2.95 bits per heavy atom. The molecule has 0 bridgehead atoms. The van der Waals surface area contributed by atoms with Crippen molar-refractivity contribution >= 4 is 11.7 Å². The summed E-state index contributed by atoms with van der Waals surface area (Å²) >= 11 is 0. The minimum Gasteiger partial charge on any atom is -0.347 e. The predicted octanol–water partition coefficient (Wildman–Crippen LogP) is 1.63. The first kappa shape index (κ1) is 14.5. The molecule has 1 saturated heterocycles. The molecule has 0 unspecified atom stereocenters. The van der Waals surface area contributed by atoms with Gasteiger partial charge in [0.1, 0.15) is 11.5 Å². The van der Waals surface area contributed by atoms with Crippen molar-refractivity contribution in [3.8, 4) is 0 Å². The van der Waals surface area contributed by atoms with Crippen molar-refractivity contribution in [1.82, 2.24) is 25.1 Å². The number of aromatic amines is 1. The van der Waals surface area contributed by atoms with Crippen LogP contribution in [0.15, 0.2) is 24.7 Å². The molecule has 1 fully saturated rings. The van der Waals surface area contributed by atoms with Gasteiger partial charge in [-0.05, 0) is 25.3 Å². The third-order valence-corrected chi connectivity index (χ3v) is 3.93. The van der Waals surface area contributed by atoms with Gasteiger partial charge in [0.15, 0.2) is 0 Å². The van der Waals surface area contributed by atoms with Crippen molar-refractivity contribution in [2.45, 2.75) is 25.3 Å². The van der Waals surface area contributed by atoms with E-state index in [1.54, 1.807) is 32.7 Å². The minimum atomic E-state index is -0.0932. The second-order valence-corrected chi connectivity index (χ2v) is 5.68. The molecule has 7 nitrogen and oxygen atoms in total. The molecule has 3 heterocycles. The van der Waals surface area contributed by atoms with Gasteiger partial charge in [-0.3, -0.25) is 14.9 Å². The molecule has 0 aromatic carbocycles. The fourth-order valence-corrected chi connectivity index (χ4v) is 2.81. The number of carbonyl (C=O) groups is 1. The molecule has 1 aliphatic rings. The van der Waals surface area contributed by atoms with Gasteiger partial charge in [-0.2, -0.15) is 5.10 Å². The van der Waals surface area contributed by atoms with Gasteiger partial charge < -0.3 is 9.80 Å². The van der Waals surface area contributed by atoms with E-state index in [1.807, 2.05) is 6.07 Å². The van der Waals surface area contributed by atoms with Crippen molar-refractivity contribution in [2.75, 3.05) is 25.5 Å². The summed E-state index contributed by atoms with van der Waals surface area (Å²) in [6.07, 6.45) is 8.44. The van der Waals surface area contributed by atoms with Crippen LogP contribution in [-0.4, -0.2) is 51.6 Å². The van der Waals surface area contributed by atoms with Crippen LogP contribution < -0.4 is 4.90 Å². The molecule has 116 valence electrons. The number of piperidine rings is 1. The summed E-state index contributed by atoms with van der Waals surface area (Å²) in [6.45, 7) is 0.930. The molecule has 1 amide bonds. The van der Waals surface area contributed by atoms with Gasteiger partial charge in [0, 0.05) is 33.0 Å². The molecule has 2 aromatic heterocycles. The van der Waals surface area contributed by atoms with Crippen molar-refractivity contribution < 1.29 is 4.79 Å². The Balaban J connectivity index is 1.87. The lowest BCUT2D eigenvalue weighted by Crippen LogP contribution is -2.34. The predicted molar refractivity (Wildman–Crippen MR) is 82.6 cm³/mol. The topological polar surface area (TPSA) is 78.0 Å². The lowest BCUT2D eigenvalue weighted by atomic mass is 9.99. The number of anilines is 1. The fourth-order valence-electron chi connectivity index (χ4n) is 2.81. The van der Waals surface area contributed by atoms with Crippen LogP contribution in [-0.2, 0) is 0 Å². The highest BCUT2D eigenvalue weighted by atomic mass is 16.2. The minimum absolute atomic E-state index is 0.0932. The molecule has 1 N–H and O–H groups in total. The average molecular weight is 300 g/mol. The van der Waals surface area contributed by atoms with Crippen molar-refractivity contribution in [3.63, 3.8) is 0 Å².